The molecular formula is C18H19NO2. The second kappa shape index (κ2) is 5.32. The Balaban J connectivity index is 1.71. The van der Waals surface area contributed by atoms with Crippen LogP contribution in [0, 0.1) is 0 Å². The molecule has 0 fully saturated rings. The van der Waals surface area contributed by atoms with Crippen LogP contribution in [0.1, 0.15) is 18.4 Å². The standard InChI is InChI=1S/C18H19NO2/c1-3-15-11-13(4-6-16(15)19-8-1)14-5-7-17-18(12-14)21-10-2-9-20-17/h4-7,11-12,19H,1-3,8-10H2. The van der Waals surface area contributed by atoms with Crippen LogP contribution < -0.4 is 14.8 Å². The largest absolute Gasteiger partial charge is 0.490 e. The minimum absolute atomic E-state index is 0.727. The van der Waals surface area contributed by atoms with E-state index in [1.54, 1.807) is 0 Å². The van der Waals surface area contributed by atoms with Crippen LogP contribution in [-0.2, 0) is 6.42 Å². The molecule has 0 aliphatic carbocycles. The average Bonchev–Trinajstić information content (AvgIpc) is 2.79. The normalized spacial score (nSPS) is 16.6. The van der Waals surface area contributed by atoms with Gasteiger partial charge < -0.3 is 14.8 Å². The summed E-state index contributed by atoms with van der Waals surface area (Å²) < 4.78 is 11.5. The molecule has 2 aromatic rings. The summed E-state index contributed by atoms with van der Waals surface area (Å²) in [5.41, 5.74) is 5.12. The molecule has 2 heterocycles. The minimum atomic E-state index is 0.727. The lowest BCUT2D eigenvalue weighted by atomic mass is 9.97. The van der Waals surface area contributed by atoms with Gasteiger partial charge in [0.05, 0.1) is 13.2 Å². The van der Waals surface area contributed by atoms with E-state index in [4.69, 9.17) is 9.47 Å². The molecular weight excluding hydrogens is 262 g/mol. The average molecular weight is 281 g/mol. The molecule has 0 bridgehead atoms. The number of nitrogens with one attached hydrogen (secondary N) is 1. The van der Waals surface area contributed by atoms with Crippen LogP contribution in [-0.4, -0.2) is 19.8 Å². The third kappa shape index (κ3) is 2.44. The van der Waals surface area contributed by atoms with E-state index in [9.17, 15) is 0 Å². The maximum Gasteiger partial charge on any atom is 0.161 e. The Morgan fingerprint density at radius 2 is 1.62 bits per heavy atom. The number of hydrogen-bond acceptors (Lipinski definition) is 3. The molecule has 2 aromatic carbocycles. The van der Waals surface area contributed by atoms with Gasteiger partial charge in [-0.25, -0.2) is 0 Å². The molecule has 2 aliphatic rings. The van der Waals surface area contributed by atoms with E-state index in [-0.39, 0.29) is 0 Å². The van der Waals surface area contributed by atoms with E-state index < -0.39 is 0 Å². The monoisotopic (exact) mass is 281 g/mol. The third-order valence-corrected chi connectivity index (χ3v) is 4.12. The highest BCUT2D eigenvalue weighted by Gasteiger charge is 2.13. The number of rotatable bonds is 1. The smallest absolute Gasteiger partial charge is 0.161 e. The van der Waals surface area contributed by atoms with Crippen LogP contribution in [0.4, 0.5) is 5.69 Å². The summed E-state index contributed by atoms with van der Waals surface area (Å²) in [6.07, 6.45) is 3.30. The van der Waals surface area contributed by atoms with Gasteiger partial charge in [-0.2, -0.15) is 0 Å². The second-order valence-electron chi connectivity index (χ2n) is 5.61. The van der Waals surface area contributed by atoms with Crippen LogP contribution in [0.15, 0.2) is 36.4 Å². The van der Waals surface area contributed by atoms with E-state index in [1.807, 2.05) is 6.07 Å². The maximum absolute atomic E-state index is 5.79. The first kappa shape index (κ1) is 12.6. The predicted octanol–water partition coefficient (Wildman–Crippen LogP) is 3.87. The van der Waals surface area contributed by atoms with Gasteiger partial charge in [0, 0.05) is 18.7 Å². The fourth-order valence-corrected chi connectivity index (χ4v) is 3.00. The molecule has 4 rings (SSSR count). The highest BCUT2D eigenvalue weighted by Crippen LogP contribution is 2.35. The predicted molar refractivity (Wildman–Crippen MR) is 84.3 cm³/mol. The van der Waals surface area contributed by atoms with Gasteiger partial charge in [0.1, 0.15) is 0 Å². The molecule has 0 aromatic heterocycles. The van der Waals surface area contributed by atoms with Crippen molar-refractivity contribution in [3.63, 3.8) is 0 Å². The summed E-state index contributed by atoms with van der Waals surface area (Å²) in [6.45, 7) is 2.54. The van der Waals surface area contributed by atoms with Crippen LogP contribution in [0.2, 0.25) is 0 Å². The zero-order valence-corrected chi connectivity index (χ0v) is 12.0. The lowest BCUT2D eigenvalue weighted by molar-refractivity contribution is 0.297. The number of benzene rings is 2. The molecule has 2 aliphatic heterocycles. The van der Waals surface area contributed by atoms with E-state index in [0.29, 0.717) is 0 Å². The number of hydrogen-bond donors (Lipinski definition) is 1. The van der Waals surface area contributed by atoms with Gasteiger partial charge in [-0.3, -0.25) is 0 Å². The molecule has 0 saturated carbocycles. The molecule has 108 valence electrons. The maximum atomic E-state index is 5.79. The van der Waals surface area contributed by atoms with Crippen molar-refractivity contribution in [1.29, 1.82) is 0 Å². The molecule has 0 unspecified atom stereocenters. The molecule has 21 heavy (non-hydrogen) atoms. The fraction of sp³-hybridized carbons (Fsp3) is 0.333. The zero-order valence-electron chi connectivity index (χ0n) is 12.0. The summed E-state index contributed by atoms with van der Waals surface area (Å²) in [4.78, 5) is 0. The topological polar surface area (TPSA) is 30.5 Å². The fourth-order valence-electron chi connectivity index (χ4n) is 3.00. The van der Waals surface area contributed by atoms with Crippen molar-refractivity contribution in [2.45, 2.75) is 19.3 Å². The first-order valence-electron chi connectivity index (χ1n) is 7.67. The van der Waals surface area contributed by atoms with Crippen molar-refractivity contribution in [2.75, 3.05) is 25.1 Å². The van der Waals surface area contributed by atoms with E-state index in [1.165, 1.54) is 28.8 Å². The second-order valence-corrected chi connectivity index (χ2v) is 5.61. The van der Waals surface area contributed by atoms with Gasteiger partial charge in [0.25, 0.3) is 0 Å². The summed E-state index contributed by atoms with van der Waals surface area (Å²) >= 11 is 0. The van der Waals surface area contributed by atoms with E-state index >= 15 is 0 Å². The highest BCUT2D eigenvalue weighted by atomic mass is 16.5. The van der Waals surface area contributed by atoms with Crippen molar-refractivity contribution >= 4 is 5.69 Å². The van der Waals surface area contributed by atoms with Gasteiger partial charge in [0.2, 0.25) is 0 Å². The summed E-state index contributed by atoms with van der Waals surface area (Å²) in [6, 6.07) is 12.9. The van der Waals surface area contributed by atoms with Crippen LogP contribution in [0.25, 0.3) is 11.1 Å². The van der Waals surface area contributed by atoms with Crippen LogP contribution >= 0.6 is 0 Å². The molecule has 0 amide bonds. The first-order chi connectivity index (χ1) is 10.4. The lowest BCUT2D eigenvalue weighted by Gasteiger charge is -2.19. The Kier molecular flexibility index (Phi) is 3.18. The van der Waals surface area contributed by atoms with E-state index in [2.05, 4.69) is 35.6 Å². The number of aryl methyl sites for hydroxylation is 1. The molecule has 0 spiro atoms. The zero-order chi connectivity index (χ0) is 14.1. The number of fused-ring (bicyclic) bond motifs is 2. The minimum Gasteiger partial charge on any atom is -0.490 e. The third-order valence-electron chi connectivity index (χ3n) is 4.12. The van der Waals surface area contributed by atoms with Gasteiger partial charge in [-0.05, 0) is 53.8 Å². The Labute approximate surface area is 124 Å². The van der Waals surface area contributed by atoms with Crippen LogP contribution in [0.5, 0.6) is 11.5 Å². The van der Waals surface area contributed by atoms with Crippen molar-refractivity contribution in [3.05, 3.63) is 42.0 Å². The molecule has 0 radical (unpaired) electrons. The van der Waals surface area contributed by atoms with Gasteiger partial charge >= 0.3 is 0 Å². The molecule has 0 saturated heterocycles. The summed E-state index contributed by atoms with van der Waals surface area (Å²) in [7, 11) is 0. The lowest BCUT2D eigenvalue weighted by Crippen LogP contribution is -2.11. The van der Waals surface area contributed by atoms with Gasteiger partial charge in [0.15, 0.2) is 11.5 Å². The van der Waals surface area contributed by atoms with Crippen LogP contribution in [0.3, 0.4) is 0 Å². The Bertz CT molecular complexity index is 666. The molecule has 3 nitrogen and oxygen atoms in total. The Hall–Kier alpha value is -2.16. The van der Waals surface area contributed by atoms with Crippen molar-refractivity contribution in [2.24, 2.45) is 0 Å². The summed E-state index contributed by atoms with van der Waals surface area (Å²) in [5, 5.41) is 3.45. The quantitative estimate of drug-likeness (QED) is 0.860. The highest BCUT2D eigenvalue weighted by molar-refractivity contribution is 5.71. The van der Waals surface area contributed by atoms with Crippen molar-refractivity contribution in [3.8, 4) is 22.6 Å². The number of anilines is 1. The van der Waals surface area contributed by atoms with Crippen molar-refractivity contribution < 1.29 is 9.47 Å². The SMILES string of the molecule is c1cc2c(cc1-c1ccc3c(c1)OCCCO3)CCCN2. The van der Waals surface area contributed by atoms with Gasteiger partial charge in [-0.1, -0.05) is 12.1 Å². The van der Waals surface area contributed by atoms with Gasteiger partial charge in [-0.15, -0.1) is 0 Å². The van der Waals surface area contributed by atoms with Crippen molar-refractivity contribution in [1.82, 2.24) is 0 Å². The van der Waals surface area contributed by atoms with E-state index in [0.717, 1.165) is 44.1 Å². The molecule has 3 heteroatoms. The first-order valence-corrected chi connectivity index (χ1v) is 7.67. The number of ether oxygens (including phenoxy) is 2. The Morgan fingerprint density at radius 1 is 0.810 bits per heavy atom. The Morgan fingerprint density at radius 3 is 2.57 bits per heavy atom. The molecule has 0 atom stereocenters. The summed E-state index contributed by atoms with van der Waals surface area (Å²) in [5.74, 6) is 1.72. The molecule has 1 N–H and O–H groups in total.